The van der Waals surface area contributed by atoms with Gasteiger partial charge in [-0.15, -0.1) is 10.2 Å². The zero-order chi connectivity index (χ0) is 36.0. The molecule has 4 aromatic rings. The van der Waals surface area contributed by atoms with E-state index < -0.39 is 11.4 Å². The number of guanidine groups is 1. The zero-order valence-electron chi connectivity index (χ0n) is 30.3. The second-order valence-electron chi connectivity index (χ2n) is 14.6. The van der Waals surface area contributed by atoms with Gasteiger partial charge in [-0.25, -0.2) is 5.01 Å². The minimum Gasteiger partial charge on any atom is -0.508 e. The first-order valence-electron chi connectivity index (χ1n) is 16.0. The Morgan fingerprint density at radius 2 is 1.38 bits per heavy atom. The quantitative estimate of drug-likeness (QED) is 0.112. The molecule has 1 unspecified atom stereocenters. The van der Waals surface area contributed by atoms with Crippen molar-refractivity contribution >= 4 is 45.2 Å². The summed E-state index contributed by atoms with van der Waals surface area (Å²) in [6.07, 6.45) is 3.58. The molecule has 2 N–H and O–H groups in total. The summed E-state index contributed by atoms with van der Waals surface area (Å²) >= 11 is 3.08. The third-order valence-electron chi connectivity index (χ3n) is 7.03. The standard InChI is InChI=1S/C31H36N8OS2.C5H10O2.Zn/c1-30(2,3)26-35-36-28(42-26)34-29(38(19-21-13-9-11-17-32-21)20-22-14-10-12-18-33-22)39-25(23-15-7-8-16-24(23)40)41-27(37-39)31(4,5)6;1-5(2,3)4(6)7;/h7-18,25,40H,19-20H2,1-6H3;1-3H3,(H,6,7);/b34-29+;;. The van der Waals surface area contributed by atoms with E-state index in [0.717, 1.165) is 27.0 Å². The summed E-state index contributed by atoms with van der Waals surface area (Å²) in [6, 6.07) is 19.2. The SMILES string of the molecule is CC(C)(C)C(=O)O.CC(C)(C)C1=NN(/C(=N/c2nnc(C(C)(C)C)s2)N(Cc2ccccn2)Cc2ccccn2)C(c2ccccc2O)S1.[Zn]. The third-order valence-corrected chi connectivity index (χ3v) is 9.86. The molecule has 0 saturated carbocycles. The first kappa shape index (κ1) is 40.7. The Kier molecular flexibility index (Phi) is 13.8. The molecule has 11 nitrogen and oxygen atoms in total. The Labute approximate surface area is 316 Å². The number of benzene rings is 1. The van der Waals surface area contributed by atoms with E-state index in [1.807, 2.05) is 59.6 Å². The third kappa shape index (κ3) is 11.1. The van der Waals surface area contributed by atoms with Crippen molar-refractivity contribution in [3.63, 3.8) is 0 Å². The maximum Gasteiger partial charge on any atom is 0.308 e. The molecule has 1 aliphatic heterocycles. The van der Waals surface area contributed by atoms with Crippen LogP contribution >= 0.6 is 23.1 Å². The number of pyridine rings is 2. The molecule has 0 aliphatic carbocycles. The number of thioether (sulfide) groups is 1. The molecule has 1 aromatic carbocycles. The van der Waals surface area contributed by atoms with Crippen LogP contribution in [0.5, 0.6) is 5.75 Å². The van der Waals surface area contributed by atoms with Crippen LogP contribution in [0.4, 0.5) is 5.13 Å². The summed E-state index contributed by atoms with van der Waals surface area (Å²) < 4.78 is 0. The number of hydrazone groups is 1. The van der Waals surface area contributed by atoms with E-state index in [1.165, 1.54) is 11.3 Å². The first-order valence-corrected chi connectivity index (χ1v) is 17.7. The second kappa shape index (κ2) is 17.0. The van der Waals surface area contributed by atoms with Gasteiger partial charge in [0, 0.05) is 48.3 Å². The number of para-hydroxylation sites is 1. The summed E-state index contributed by atoms with van der Waals surface area (Å²) in [7, 11) is 0. The summed E-state index contributed by atoms with van der Waals surface area (Å²) in [4.78, 5) is 26.5. The Hall–Kier alpha value is -3.74. The van der Waals surface area contributed by atoms with Gasteiger partial charge in [-0.1, -0.05) is 95.0 Å². The van der Waals surface area contributed by atoms with Crippen molar-refractivity contribution in [3.05, 3.63) is 95.0 Å². The van der Waals surface area contributed by atoms with Crippen LogP contribution in [-0.4, -0.2) is 57.3 Å². The van der Waals surface area contributed by atoms with Gasteiger partial charge < -0.3 is 15.1 Å². The normalized spacial score (nSPS) is 15.1. The van der Waals surface area contributed by atoms with Crippen LogP contribution in [-0.2, 0) is 42.8 Å². The van der Waals surface area contributed by atoms with Gasteiger partial charge in [0.1, 0.15) is 21.2 Å². The number of carboxylic acid groups (broad SMARTS) is 1. The number of hydrogen-bond donors (Lipinski definition) is 2. The second-order valence-corrected chi connectivity index (χ2v) is 16.7. The fourth-order valence-electron chi connectivity index (χ4n) is 4.19. The first-order chi connectivity index (χ1) is 22.9. The number of aliphatic imine (C=N–C) groups is 1. The van der Waals surface area contributed by atoms with Crippen molar-refractivity contribution < 1.29 is 34.5 Å². The fraction of sp³-hybridized carbons (Fsp3) is 0.417. The molecule has 262 valence electrons. The predicted molar refractivity (Wildman–Crippen MR) is 198 cm³/mol. The molecule has 0 spiro atoms. The number of rotatable bonds is 6. The summed E-state index contributed by atoms with van der Waals surface area (Å²) in [6.45, 7) is 18.7. The summed E-state index contributed by atoms with van der Waals surface area (Å²) in [5.74, 6) is 0.0204. The van der Waals surface area contributed by atoms with Crippen LogP contribution < -0.4 is 0 Å². The fourth-order valence-corrected chi connectivity index (χ4v) is 6.22. The van der Waals surface area contributed by atoms with E-state index in [0.29, 0.717) is 24.2 Å². The molecule has 5 rings (SSSR count). The molecule has 0 radical (unpaired) electrons. The van der Waals surface area contributed by atoms with Gasteiger partial charge in [-0.3, -0.25) is 14.8 Å². The van der Waals surface area contributed by atoms with Crippen molar-refractivity contribution in [1.82, 2.24) is 30.1 Å². The van der Waals surface area contributed by atoms with Crippen molar-refractivity contribution in [2.45, 2.75) is 86.2 Å². The Bertz CT molecular complexity index is 1720. The van der Waals surface area contributed by atoms with Crippen LogP contribution in [0, 0.1) is 10.8 Å². The number of carboxylic acids is 1. The van der Waals surface area contributed by atoms with Crippen molar-refractivity contribution in [1.29, 1.82) is 0 Å². The van der Waals surface area contributed by atoms with Crippen molar-refractivity contribution in [2.75, 3.05) is 0 Å². The summed E-state index contributed by atoms with van der Waals surface area (Å²) in [5, 5.41) is 37.2. The van der Waals surface area contributed by atoms with E-state index in [-0.39, 0.29) is 41.4 Å². The van der Waals surface area contributed by atoms with Gasteiger partial charge >= 0.3 is 5.97 Å². The molecule has 4 heterocycles. The van der Waals surface area contributed by atoms with Gasteiger partial charge in [0.25, 0.3) is 0 Å². The van der Waals surface area contributed by atoms with Gasteiger partial charge in [0.15, 0.2) is 0 Å². The van der Waals surface area contributed by atoms with Crippen LogP contribution in [0.3, 0.4) is 0 Å². The number of carbonyl (C=O) groups is 1. The maximum absolute atomic E-state index is 11.0. The molecular weight excluding hydrogens is 722 g/mol. The average molecular weight is 768 g/mol. The number of aromatic nitrogens is 4. The van der Waals surface area contributed by atoms with Gasteiger partial charge in [-0.05, 0) is 51.1 Å². The van der Waals surface area contributed by atoms with Gasteiger partial charge in [0.05, 0.1) is 29.9 Å². The maximum atomic E-state index is 11.0. The largest absolute Gasteiger partial charge is 0.508 e. The monoisotopic (exact) mass is 766 g/mol. The number of nitrogens with zero attached hydrogens (tertiary/aromatic N) is 8. The molecule has 1 aliphatic rings. The Balaban J connectivity index is 0.000000766. The Morgan fingerprint density at radius 1 is 0.840 bits per heavy atom. The predicted octanol–water partition coefficient (Wildman–Crippen LogP) is 8.24. The average Bonchev–Trinajstić information content (AvgIpc) is 3.69. The number of hydrogen-bond acceptors (Lipinski definition) is 10. The number of phenolic OH excluding ortho intramolecular Hbond substituents is 1. The zero-order valence-corrected chi connectivity index (χ0v) is 34.9. The van der Waals surface area contributed by atoms with Crippen LogP contribution in [0.1, 0.15) is 89.6 Å². The van der Waals surface area contributed by atoms with Gasteiger partial charge in [-0.2, -0.15) is 10.1 Å². The molecule has 3 aromatic heterocycles. The smallest absolute Gasteiger partial charge is 0.308 e. The van der Waals surface area contributed by atoms with Crippen LogP contribution in [0.2, 0.25) is 0 Å². The molecule has 50 heavy (non-hydrogen) atoms. The van der Waals surface area contributed by atoms with Crippen molar-refractivity contribution in [3.8, 4) is 5.75 Å². The van der Waals surface area contributed by atoms with Gasteiger partial charge in [0.2, 0.25) is 11.1 Å². The molecule has 1 atom stereocenters. The number of aliphatic carboxylic acids is 1. The molecule has 0 amide bonds. The van der Waals surface area contributed by atoms with E-state index in [2.05, 4.69) is 66.6 Å². The van der Waals surface area contributed by atoms with E-state index in [9.17, 15) is 9.90 Å². The molecule has 0 saturated heterocycles. The molecule has 14 heteroatoms. The van der Waals surface area contributed by atoms with E-state index >= 15 is 0 Å². The topological polar surface area (TPSA) is 140 Å². The van der Waals surface area contributed by atoms with E-state index in [1.54, 1.807) is 51.0 Å². The molecular formula is C36H46N8O3S2Zn. The van der Waals surface area contributed by atoms with E-state index in [4.69, 9.17) is 15.2 Å². The van der Waals surface area contributed by atoms with Crippen molar-refractivity contribution in [2.24, 2.45) is 20.9 Å². The minimum absolute atomic E-state index is 0. The number of phenols is 1. The van der Waals surface area contributed by atoms with Crippen LogP contribution in [0.25, 0.3) is 0 Å². The molecule has 0 bridgehead atoms. The number of aromatic hydroxyl groups is 1. The summed E-state index contributed by atoms with van der Waals surface area (Å²) in [5.41, 5.74) is 1.54. The Morgan fingerprint density at radius 3 is 1.82 bits per heavy atom. The minimum atomic E-state index is -0.757. The van der Waals surface area contributed by atoms with Crippen LogP contribution in [0.15, 0.2) is 83.2 Å². The molecule has 0 fully saturated rings.